The van der Waals surface area contributed by atoms with Gasteiger partial charge < -0.3 is 10.5 Å². The van der Waals surface area contributed by atoms with Gasteiger partial charge in [0.25, 0.3) is 0 Å². The zero-order valence-electron chi connectivity index (χ0n) is 8.58. The highest BCUT2D eigenvalue weighted by atomic mass is 127. The number of nitrogen functional groups attached to an aromatic ring is 1. The Kier molecular flexibility index (Phi) is 3.46. The van der Waals surface area contributed by atoms with E-state index < -0.39 is 17.4 Å². The Labute approximate surface area is 111 Å². The average Bonchev–Trinajstić information content (AvgIpc) is 2.26. The molecule has 0 fully saturated rings. The third-order valence-electron chi connectivity index (χ3n) is 2.05. The van der Waals surface area contributed by atoms with Crippen molar-refractivity contribution in [3.05, 3.63) is 51.6 Å². The first kappa shape index (κ1) is 12.1. The number of hydrogen-bond donors (Lipinski definition) is 1. The van der Waals surface area contributed by atoms with Crippen LogP contribution in [-0.2, 0) is 0 Å². The van der Waals surface area contributed by atoms with Crippen LogP contribution in [0.15, 0.2) is 36.4 Å². The molecule has 0 amide bonds. The normalized spacial score (nSPS) is 10.3. The quantitative estimate of drug-likeness (QED) is 0.660. The van der Waals surface area contributed by atoms with E-state index in [1.807, 2.05) is 0 Å². The summed E-state index contributed by atoms with van der Waals surface area (Å²) in [5, 5.41) is 0. The van der Waals surface area contributed by atoms with Crippen LogP contribution in [0.1, 0.15) is 0 Å². The standard InChI is InChI=1S/C12H8F2INO/c13-10-5-8(16)6-11(14)12(10)17-9-3-1-7(15)2-4-9/h1-6H,16H2. The summed E-state index contributed by atoms with van der Waals surface area (Å²) in [6.45, 7) is 0. The van der Waals surface area contributed by atoms with E-state index in [1.54, 1.807) is 24.3 Å². The molecule has 2 aromatic rings. The smallest absolute Gasteiger partial charge is 0.198 e. The van der Waals surface area contributed by atoms with E-state index >= 15 is 0 Å². The third-order valence-corrected chi connectivity index (χ3v) is 2.77. The van der Waals surface area contributed by atoms with Crippen molar-refractivity contribution in [2.24, 2.45) is 0 Å². The van der Waals surface area contributed by atoms with Crippen LogP contribution < -0.4 is 10.5 Å². The van der Waals surface area contributed by atoms with Gasteiger partial charge in [-0.1, -0.05) is 0 Å². The number of rotatable bonds is 2. The zero-order valence-corrected chi connectivity index (χ0v) is 10.7. The molecule has 2 aromatic carbocycles. The molecule has 0 aliphatic rings. The molecule has 0 saturated carbocycles. The minimum Gasteiger partial charge on any atom is -0.451 e. The summed E-state index contributed by atoms with van der Waals surface area (Å²) in [6, 6.07) is 8.87. The first-order chi connectivity index (χ1) is 8.06. The third kappa shape index (κ3) is 2.85. The van der Waals surface area contributed by atoms with Gasteiger partial charge in [0, 0.05) is 21.4 Å². The Morgan fingerprint density at radius 2 is 1.53 bits per heavy atom. The van der Waals surface area contributed by atoms with Gasteiger partial charge in [-0.25, -0.2) is 8.78 Å². The molecule has 2 N–H and O–H groups in total. The fourth-order valence-corrected chi connectivity index (χ4v) is 1.66. The molecule has 88 valence electrons. The van der Waals surface area contributed by atoms with Gasteiger partial charge in [-0.3, -0.25) is 0 Å². The van der Waals surface area contributed by atoms with E-state index in [0.29, 0.717) is 5.75 Å². The SMILES string of the molecule is Nc1cc(F)c(Oc2ccc(I)cc2)c(F)c1. The van der Waals surface area contributed by atoms with Crippen LogP contribution in [-0.4, -0.2) is 0 Å². The maximum absolute atomic E-state index is 13.4. The van der Waals surface area contributed by atoms with Crippen LogP contribution in [0.4, 0.5) is 14.5 Å². The van der Waals surface area contributed by atoms with Crippen molar-refractivity contribution >= 4 is 28.3 Å². The fourth-order valence-electron chi connectivity index (χ4n) is 1.30. The van der Waals surface area contributed by atoms with Crippen LogP contribution in [0.3, 0.4) is 0 Å². The lowest BCUT2D eigenvalue weighted by Gasteiger charge is -2.08. The van der Waals surface area contributed by atoms with E-state index in [0.717, 1.165) is 15.7 Å². The molecule has 0 radical (unpaired) electrons. The lowest BCUT2D eigenvalue weighted by atomic mass is 10.2. The van der Waals surface area contributed by atoms with Gasteiger partial charge in [0.15, 0.2) is 17.4 Å². The summed E-state index contributed by atoms with van der Waals surface area (Å²) in [7, 11) is 0. The number of benzene rings is 2. The van der Waals surface area contributed by atoms with E-state index in [9.17, 15) is 8.78 Å². The van der Waals surface area contributed by atoms with E-state index in [4.69, 9.17) is 10.5 Å². The number of ether oxygens (including phenoxy) is 1. The molecular weight excluding hydrogens is 339 g/mol. The highest BCUT2D eigenvalue weighted by Gasteiger charge is 2.12. The predicted molar refractivity (Wildman–Crippen MR) is 70.0 cm³/mol. The summed E-state index contributed by atoms with van der Waals surface area (Å²) < 4.78 is 33.0. The second-order valence-electron chi connectivity index (χ2n) is 3.37. The molecule has 5 heteroatoms. The molecule has 0 aliphatic heterocycles. The average molecular weight is 347 g/mol. The van der Waals surface area contributed by atoms with Crippen molar-refractivity contribution in [2.75, 3.05) is 5.73 Å². The summed E-state index contributed by atoms with van der Waals surface area (Å²) in [5.41, 5.74) is 5.33. The molecule has 17 heavy (non-hydrogen) atoms. The fraction of sp³-hybridized carbons (Fsp3) is 0. The van der Waals surface area contributed by atoms with Gasteiger partial charge in [-0.05, 0) is 46.9 Å². The van der Waals surface area contributed by atoms with Gasteiger partial charge in [-0.2, -0.15) is 0 Å². The maximum Gasteiger partial charge on any atom is 0.198 e. The number of halogens is 3. The minimum atomic E-state index is -0.818. The highest BCUT2D eigenvalue weighted by Crippen LogP contribution is 2.29. The number of hydrogen-bond acceptors (Lipinski definition) is 2. The minimum absolute atomic E-state index is 0.0231. The Balaban J connectivity index is 2.33. The summed E-state index contributed by atoms with van der Waals surface area (Å²) in [6.07, 6.45) is 0. The largest absolute Gasteiger partial charge is 0.451 e. The van der Waals surface area contributed by atoms with Gasteiger partial charge in [0.05, 0.1) is 0 Å². The van der Waals surface area contributed by atoms with Crippen LogP contribution in [0.5, 0.6) is 11.5 Å². The molecule has 0 atom stereocenters. The molecule has 0 heterocycles. The molecule has 0 aliphatic carbocycles. The molecule has 0 spiro atoms. The number of anilines is 1. The zero-order chi connectivity index (χ0) is 12.4. The Morgan fingerprint density at radius 3 is 2.06 bits per heavy atom. The van der Waals surface area contributed by atoms with Crippen molar-refractivity contribution in [2.45, 2.75) is 0 Å². The topological polar surface area (TPSA) is 35.2 Å². The van der Waals surface area contributed by atoms with Gasteiger partial charge >= 0.3 is 0 Å². The lowest BCUT2D eigenvalue weighted by molar-refractivity contribution is 0.408. The highest BCUT2D eigenvalue weighted by molar-refractivity contribution is 14.1. The first-order valence-electron chi connectivity index (χ1n) is 4.74. The summed E-state index contributed by atoms with van der Waals surface area (Å²) >= 11 is 2.12. The van der Waals surface area contributed by atoms with Crippen LogP contribution in [0, 0.1) is 15.2 Å². The number of nitrogens with two attached hydrogens (primary N) is 1. The van der Waals surface area contributed by atoms with Crippen molar-refractivity contribution in [3.8, 4) is 11.5 Å². The van der Waals surface area contributed by atoms with Gasteiger partial charge in [0.1, 0.15) is 5.75 Å². The van der Waals surface area contributed by atoms with Gasteiger partial charge in [-0.15, -0.1) is 0 Å². The van der Waals surface area contributed by atoms with E-state index in [-0.39, 0.29) is 5.69 Å². The van der Waals surface area contributed by atoms with E-state index in [1.165, 1.54) is 0 Å². The lowest BCUT2D eigenvalue weighted by Crippen LogP contribution is -1.95. The van der Waals surface area contributed by atoms with Crippen LogP contribution >= 0.6 is 22.6 Å². The molecule has 2 rings (SSSR count). The van der Waals surface area contributed by atoms with Gasteiger partial charge in [0.2, 0.25) is 0 Å². The second-order valence-corrected chi connectivity index (χ2v) is 4.62. The van der Waals surface area contributed by atoms with Crippen LogP contribution in [0.25, 0.3) is 0 Å². The Bertz CT molecular complexity index is 520. The molecule has 0 bridgehead atoms. The Hall–Kier alpha value is -1.37. The maximum atomic E-state index is 13.4. The molecule has 0 aromatic heterocycles. The van der Waals surface area contributed by atoms with E-state index in [2.05, 4.69) is 22.6 Å². The van der Waals surface area contributed by atoms with Crippen molar-refractivity contribution in [1.82, 2.24) is 0 Å². The molecule has 0 saturated heterocycles. The molecule has 0 unspecified atom stereocenters. The monoisotopic (exact) mass is 347 g/mol. The summed E-state index contributed by atoms with van der Waals surface area (Å²) in [5.74, 6) is -1.71. The first-order valence-corrected chi connectivity index (χ1v) is 5.82. The molecular formula is C12H8F2INO. The van der Waals surface area contributed by atoms with Crippen molar-refractivity contribution in [3.63, 3.8) is 0 Å². The Morgan fingerprint density at radius 1 is 1.00 bits per heavy atom. The second kappa shape index (κ2) is 4.87. The predicted octanol–water partition coefficient (Wildman–Crippen LogP) is 3.94. The van der Waals surface area contributed by atoms with Crippen molar-refractivity contribution < 1.29 is 13.5 Å². The summed E-state index contributed by atoms with van der Waals surface area (Å²) in [4.78, 5) is 0. The van der Waals surface area contributed by atoms with Crippen molar-refractivity contribution in [1.29, 1.82) is 0 Å². The molecule has 2 nitrogen and oxygen atoms in total. The van der Waals surface area contributed by atoms with Crippen LogP contribution in [0.2, 0.25) is 0 Å².